The van der Waals surface area contributed by atoms with Gasteiger partial charge in [-0.3, -0.25) is 9.59 Å². The van der Waals surface area contributed by atoms with E-state index in [0.29, 0.717) is 22.5 Å². The summed E-state index contributed by atoms with van der Waals surface area (Å²) in [5, 5.41) is 10.0. The molecule has 0 bridgehead atoms. The van der Waals surface area contributed by atoms with Crippen molar-refractivity contribution in [1.29, 1.82) is 0 Å². The van der Waals surface area contributed by atoms with Gasteiger partial charge in [0.2, 0.25) is 11.6 Å². The van der Waals surface area contributed by atoms with Crippen LogP contribution in [0.4, 0.5) is 0 Å². The van der Waals surface area contributed by atoms with Gasteiger partial charge in [0.25, 0.3) is 0 Å². The van der Waals surface area contributed by atoms with E-state index in [9.17, 15) is 14.7 Å². The molecule has 3 rings (SSSR count). The van der Waals surface area contributed by atoms with Crippen LogP contribution in [0.15, 0.2) is 29.8 Å². The van der Waals surface area contributed by atoms with Crippen LogP contribution in [0.3, 0.4) is 0 Å². The number of hydrogen-bond donors (Lipinski definition) is 1. The third-order valence-electron chi connectivity index (χ3n) is 3.61. The van der Waals surface area contributed by atoms with Gasteiger partial charge < -0.3 is 9.84 Å². The number of fused-ring (bicyclic) bond motifs is 2. The number of Topliss-reactive ketones (excluding diaryl/α,β-unsaturated/α-hetero) is 2. The molecule has 4 heteroatoms. The fraction of sp³-hybridized carbons (Fsp3) is 0.333. The lowest BCUT2D eigenvalue weighted by Gasteiger charge is -2.25. The van der Waals surface area contributed by atoms with E-state index in [2.05, 4.69) is 0 Å². The summed E-state index contributed by atoms with van der Waals surface area (Å²) in [4.78, 5) is 24.1. The van der Waals surface area contributed by atoms with E-state index in [1.54, 1.807) is 38.1 Å². The molecule has 1 heterocycles. The molecular formula is C15H14O4. The number of carbonyl (C=O) groups is 2. The molecular weight excluding hydrogens is 244 g/mol. The van der Waals surface area contributed by atoms with E-state index in [0.717, 1.165) is 0 Å². The molecule has 0 aromatic heterocycles. The van der Waals surface area contributed by atoms with E-state index in [1.165, 1.54) is 0 Å². The summed E-state index contributed by atoms with van der Waals surface area (Å²) in [6.45, 7) is 3.27. The summed E-state index contributed by atoms with van der Waals surface area (Å²) in [5.41, 5.74) is 0.350. The van der Waals surface area contributed by atoms with E-state index >= 15 is 0 Å². The first-order valence-corrected chi connectivity index (χ1v) is 6.20. The van der Waals surface area contributed by atoms with Crippen LogP contribution in [0.1, 0.15) is 36.2 Å². The Morgan fingerprint density at radius 2 is 1.79 bits per heavy atom. The molecule has 4 nitrogen and oxygen atoms in total. The first kappa shape index (κ1) is 12.1. The number of hydrogen-bond acceptors (Lipinski definition) is 4. The van der Waals surface area contributed by atoms with Gasteiger partial charge in [0.05, 0.1) is 11.2 Å². The van der Waals surface area contributed by atoms with Gasteiger partial charge in [-0.15, -0.1) is 0 Å². The molecule has 1 aromatic rings. The monoisotopic (exact) mass is 258 g/mol. The van der Waals surface area contributed by atoms with Crippen molar-refractivity contribution in [3.8, 4) is 0 Å². The molecule has 19 heavy (non-hydrogen) atoms. The predicted molar refractivity (Wildman–Crippen MR) is 68.5 cm³/mol. The smallest absolute Gasteiger partial charge is 0.234 e. The minimum atomic E-state index is -1.06. The van der Waals surface area contributed by atoms with Crippen molar-refractivity contribution in [3.63, 3.8) is 0 Å². The second-order valence-electron chi connectivity index (χ2n) is 5.48. The largest absolute Gasteiger partial charge is 0.486 e. The highest BCUT2D eigenvalue weighted by molar-refractivity contribution is 6.52. The highest BCUT2D eigenvalue weighted by atomic mass is 16.5. The maximum atomic E-state index is 12.1. The van der Waals surface area contributed by atoms with Crippen LogP contribution in [-0.2, 0) is 9.53 Å². The van der Waals surface area contributed by atoms with Crippen molar-refractivity contribution in [2.24, 2.45) is 0 Å². The molecule has 0 unspecified atom stereocenters. The van der Waals surface area contributed by atoms with Crippen LogP contribution in [-0.4, -0.2) is 28.4 Å². The van der Waals surface area contributed by atoms with Gasteiger partial charge in [0.1, 0.15) is 11.9 Å². The molecule has 0 saturated carbocycles. The van der Waals surface area contributed by atoms with E-state index in [-0.39, 0.29) is 6.42 Å². The van der Waals surface area contributed by atoms with Gasteiger partial charge >= 0.3 is 0 Å². The molecule has 0 radical (unpaired) electrons. The molecule has 1 aliphatic carbocycles. The van der Waals surface area contributed by atoms with Crippen LogP contribution in [0.25, 0.3) is 5.76 Å². The Hall–Kier alpha value is -1.94. The molecule has 0 saturated heterocycles. The minimum absolute atomic E-state index is 0.276. The van der Waals surface area contributed by atoms with E-state index < -0.39 is 23.3 Å². The number of rotatable bonds is 1. The maximum Gasteiger partial charge on any atom is 0.234 e. The van der Waals surface area contributed by atoms with Crippen LogP contribution in [0.2, 0.25) is 0 Å². The number of carbonyl (C=O) groups excluding carboxylic acids is 2. The highest BCUT2D eigenvalue weighted by Gasteiger charge is 2.44. The number of benzene rings is 1. The summed E-state index contributed by atoms with van der Waals surface area (Å²) in [5.74, 6) is -0.554. The molecule has 98 valence electrons. The average molecular weight is 258 g/mol. The Morgan fingerprint density at radius 1 is 1.16 bits per heavy atom. The summed E-state index contributed by atoms with van der Waals surface area (Å²) >= 11 is 0. The third-order valence-corrected chi connectivity index (χ3v) is 3.61. The number of ether oxygens (including phenoxy) is 1. The molecule has 0 fully saturated rings. The second kappa shape index (κ2) is 3.78. The van der Waals surface area contributed by atoms with E-state index in [4.69, 9.17) is 4.74 Å². The first-order valence-electron chi connectivity index (χ1n) is 6.20. The topological polar surface area (TPSA) is 63.6 Å². The number of aliphatic hydroxyl groups is 1. The average Bonchev–Trinajstić information content (AvgIpc) is 2.81. The lowest BCUT2D eigenvalue weighted by atomic mass is 9.86. The maximum absolute atomic E-state index is 12.1. The predicted octanol–water partition coefficient (Wildman–Crippen LogP) is 1.72. The van der Waals surface area contributed by atoms with Crippen molar-refractivity contribution in [3.05, 3.63) is 41.0 Å². The SMILES string of the molecule is CC(C)(O)[C@H]1CC2=C(O1)c1ccccc1C(=O)C2=O. The summed E-state index contributed by atoms with van der Waals surface area (Å²) in [6.07, 6.45) is -0.224. The Morgan fingerprint density at radius 3 is 2.42 bits per heavy atom. The molecule has 1 atom stereocenters. The van der Waals surface area contributed by atoms with Crippen molar-refractivity contribution in [2.45, 2.75) is 32.0 Å². The molecule has 1 aromatic carbocycles. The quantitative estimate of drug-likeness (QED) is 0.779. The summed E-state index contributed by atoms with van der Waals surface area (Å²) in [6, 6.07) is 6.91. The number of ketones is 2. The molecule has 1 N–H and O–H groups in total. The third kappa shape index (κ3) is 1.71. The second-order valence-corrected chi connectivity index (χ2v) is 5.48. The van der Waals surface area contributed by atoms with Gasteiger partial charge in [0.15, 0.2) is 0 Å². The standard InChI is InChI=1S/C15H14O4/c1-15(2,18)11-7-10-13(17)12(16)8-5-3-4-6-9(8)14(10)19-11/h3-6,11,18H,7H2,1-2H3/t11-/m1/s1. The lowest BCUT2D eigenvalue weighted by molar-refractivity contribution is -0.112. The molecule has 0 spiro atoms. The van der Waals surface area contributed by atoms with Crippen molar-refractivity contribution < 1.29 is 19.4 Å². The van der Waals surface area contributed by atoms with Crippen molar-refractivity contribution >= 4 is 17.3 Å². The van der Waals surface area contributed by atoms with Gasteiger partial charge in [-0.2, -0.15) is 0 Å². The zero-order valence-corrected chi connectivity index (χ0v) is 10.8. The summed E-state index contributed by atoms with van der Waals surface area (Å²) in [7, 11) is 0. The fourth-order valence-corrected chi connectivity index (χ4v) is 2.49. The molecule has 1 aliphatic heterocycles. The van der Waals surface area contributed by atoms with Crippen molar-refractivity contribution in [2.75, 3.05) is 0 Å². The Kier molecular flexibility index (Phi) is 2.41. The normalized spacial score (nSPS) is 22.2. The lowest BCUT2D eigenvalue weighted by Crippen LogP contribution is -2.35. The Labute approximate surface area is 110 Å². The molecule has 0 amide bonds. The fourth-order valence-electron chi connectivity index (χ4n) is 2.49. The van der Waals surface area contributed by atoms with Crippen molar-refractivity contribution in [1.82, 2.24) is 0 Å². The van der Waals surface area contributed by atoms with Gasteiger partial charge in [-0.25, -0.2) is 0 Å². The zero-order chi connectivity index (χ0) is 13.8. The highest BCUT2D eigenvalue weighted by Crippen LogP contribution is 2.41. The first-order chi connectivity index (χ1) is 8.89. The van der Waals surface area contributed by atoms with Crippen LogP contribution in [0, 0.1) is 0 Å². The van der Waals surface area contributed by atoms with Crippen LogP contribution < -0.4 is 0 Å². The zero-order valence-electron chi connectivity index (χ0n) is 10.8. The Balaban J connectivity index is 2.10. The van der Waals surface area contributed by atoms with Gasteiger partial charge in [0, 0.05) is 17.5 Å². The summed E-state index contributed by atoms with van der Waals surface area (Å²) < 4.78 is 5.73. The van der Waals surface area contributed by atoms with Gasteiger partial charge in [-0.05, 0) is 13.8 Å². The minimum Gasteiger partial charge on any atom is -0.486 e. The van der Waals surface area contributed by atoms with Crippen LogP contribution >= 0.6 is 0 Å². The molecule has 2 aliphatic rings. The van der Waals surface area contributed by atoms with E-state index in [1.807, 2.05) is 0 Å². The van der Waals surface area contributed by atoms with Gasteiger partial charge in [-0.1, -0.05) is 24.3 Å². The Bertz CT molecular complexity index is 619. The van der Waals surface area contributed by atoms with Crippen LogP contribution in [0.5, 0.6) is 0 Å².